The van der Waals surface area contributed by atoms with Crippen LogP contribution in [0.5, 0.6) is 11.5 Å². The summed E-state index contributed by atoms with van der Waals surface area (Å²) in [5, 5.41) is 3.40. The molecule has 0 aliphatic carbocycles. The Kier molecular flexibility index (Phi) is 4.36. The maximum atomic E-state index is 13.2. The first-order chi connectivity index (χ1) is 11.8. The highest BCUT2D eigenvalue weighted by molar-refractivity contribution is 5.41. The van der Waals surface area contributed by atoms with Crippen molar-refractivity contribution >= 4 is 0 Å². The average molecular weight is 329 g/mol. The number of nitrogens with one attached hydrogen (secondary N) is 1. The summed E-state index contributed by atoms with van der Waals surface area (Å²) in [4.78, 5) is 0. The lowest BCUT2D eigenvalue weighted by atomic mass is 9.81. The average Bonchev–Trinajstić information content (AvgIpc) is 3.04. The van der Waals surface area contributed by atoms with Gasteiger partial charge in [0.2, 0.25) is 0 Å². The predicted molar refractivity (Wildman–Crippen MR) is 87.6 cm³/mol. The third-order valence-corrected chi connectivity index (χ3v) is 4.65. The molecule has 0 radical (unpaired) electrons. The van der Waals surface area contributed by atoms with Gasteiger partial charge in [0.25, 0.3) is 0 Å². The van der Waals surface area contributed by atoms with Crippen molar-refractivity contribution in [1.29, 1.82) is 0 Å². The molecule has 2 heterocycles. The summed E-state index contributed by atoms with van der Waals surface area (Å²) in [5.41, 5.74) is 1.16. The SMILES string of the molecule is Fc1ccc([C@@H]2CCNC[C@H]2COC2Oc3ccccc3O2)cc1. The van der Waals surface area contributed by atoms with Crippen molar-refractivity contribution in [3.63, 3.8) is 0 Å². The minimum atomic E-state index is -0.696. The highest BCUT2D eigenvalue weighted by Crippen LogP contribution is 2.35. The Labute approximate surface area is 140 Å². The summed E-state index contributed by atoms with van der Waals surface area (Å²) in [6.07, 6.45) is 1.01. The minimum Gasteiger partial charge on any atom is -0.428 e. The van der Waals surface area contributed by atoms with E-state index in [1.807, 2.05) is 36.4 Å². The first-order valence-electron chi connectivity index (χ1n) is 8.30. The molecule has 0 spiro atoms. The van der Waals surface area contributed by atoms with E-state index in [4.69, 9.17) is 14.2 Å². The number of para-hydroxylation sites is 2. The number of fused-ring (bicyclic) bond motifs is 1. The van der Waals surface area contributed by atoms with Gasteiger partial charge in [-0.15, -0.1) is 0 Å². The molecule has 1 N–H and O–H groups in total. The summed E-state index contributed by atoms with van der Waals surface area (Å²) in [6.45, 7) is 1.65. The van der Waals surface area contributed by atoms with Gasteiger partial charge >= 0.3 is 6.48 Å². The summed E-state index contributed by atoms with van der Waals surface area (Å²) in [6, 6.07) is 14.3. The molecule has 5 heteroatoms. The number of halogens is 1. The molecule has 0 saturated carbocycles. The lowest BCUT2D eigenvalue weighted by Crippen LogP contribution is -2.39. The van der Waals surface area contributed by atoms with Crippen LogP contribution in [0.25, 0.3) is 0 Å². The van der Waals surface area contributed by atoms with Gasteiger partial charge in [-0.25, -0.2) is 4.39 Å². The third-order valence-electron chi connectivity index (χ3n) is 4.65. The lowest BCUT2D eigenvalue weighted by molar-refractivity contribution is -0.185. The monoisotopic (exact) mass is 329 g/mol. The van der Waals surface area contributed by atoms with Crippen LogP contribution in [0.2, 0.25) is 0 Å². The topological polar surface area (TPSA) is 39.7 Å². The molecular formula is C19H20FNO3. The van der Waals surface area contributed by atoms with Gasteiger partial charge in [0.1, 0.15) is 5.82 Å². The van der Waals surface area contributed by atoms with Crippen LogP contribution in [0.3, 0.4) is 0 Å². The summed E-state index contributed by atoms with van der Waals surface area (Å²) >= 11 is 0. The van der Waals surface area contributed by atoms with E-state index < -0.39 is 6.48 Å². The summed E-state index contributed by atoms with van der Waals surface area (Å²) in [5.74, 6) is 1.85. The van der Waals surface area contributed by atoms with E-state index >= 15 is 0 Å². The van der Waals surface area contributed by atoms with E-state index in [1.54, 1.807) is 0 Å². The molecule has 2 aliphatic heterocycles. The van der Waals surface area contributed by atoms with Crippen LogP contribution in [0, 0.1) is 11.7 Å². The molecule has 2 aromatic rings. The second kappa shape index (κ2) is 6.79. The molecule has 0 unspecified atom stereocenters. The summed E-state index contributed by atoms with van der Waals surface area (Å²) in [7, 11) is 0. The Balaban J connectivity index is 1.39. The number of piperidine rings is 1. The fourth-order valence-corrected chi connectivity index (χ4v) is 3.39. The van der Waals surface area contributed by atoms with Gasteiger partial charge in [-0.2, -0.15) is 0 Å². The number of benzene rings is 2. The number of rotatable bonds is 4. The molecule has 4 rings (SSSR count). The van der Waals surface area contributed by atoms with E-state index in [2.05, 4.69) is 5.32 Å². The lowest BCUT2D eigenvalue weighted by Gasteiger charge is -2.32. The molecular weight excluding hydrogens is 309 g/mol. The maximum absolute atomic E-state index is 13.2. The highest BCUT2D eigenvalue weighted by Gasteiger charge is 2.30. The van der Waals surface area contributed by atoms with Gasteiger partial charge in [0.05, 0.1) is 6.61 Å². The Hall–Kier alpha value is -2.11. The van der Waals surface area contributed by atoms with Crippen molar-refractivity contribution in [3.05, 3.63) is 59.9 Å². The van der Waals surface area contributed by atoms with Gasteiger partial charge in [0.15, 0.2) is 11.5 Å². The predicted octanol–water partition coefficient (Wildman–Crippen LogP) is 3.29. The van der Waals surface area contributed by atoms with Crippen LogP contribution < -0.4 is 14.8 Å². The number of hydrogen-bond donors (Lipinski definition) is 1. The van der Waals surface area contributed by atoms with Gasteiger partial charge in [-0.3, -0.25) is 0 Å². The second-order valence-corrected chi connectivity index (χ2v) is 6.22. The van der Waals surface area contributed by atoms with Gasteiger partial charge < -0.3 is 19.5 Å². The molecule has 2 aromatic carbocycles. The first kappa shape index (κ1) is 15.4. The van der Waals surface area contributed by atoms with Crippen molar-refractivity contribution in [2.75, 3.05) is 19.7 Å². The zero-order valence-corrected chi connectivity index (χ0v) is 13.3. The van der Waals surface area contributed by atoms with E-state index in [0.29, 0.717) is 29.9 Å². The first-order valence-corrected chi connectivity index (χ1v) is 8.30. The minimum absolute atomic E-state index is 0.203. The van der Waals surface area contributed by atoms with E-state index in [-0.39, 0.29) is 5.82 Å². The normalized spacial score (nSPS) is 23.4. The van der Waals surface area contributed by atoms with Crippen LogP contribution in [0.4, 0.5) is 4.39 Å². The molecule has 1 saturated heterocycles. The quantitative estimate of drug-likeness (QED) is 0.934. The summed E-state index contributed by atoms with van der Waals surface area (Å²) < 4.78 is 30.3. The zero-order chi connectivity index (χ0) is 16.4. The second-order valence-electron chi connectivity index (χ2n) is 6.22. The van der Waals surface area contributed by atoms with Crippen molar-refractivity contribution in [3.8, 4) is 11.5 Å². The molecule has 0 aromatic heterocycles. The van der Waals surface area contributed by atoms with Gasteiger partial charge in [0, 0.05) is 12.5 Å². The highest BCUT2D eigenvalue weighted by atomic mass is 19.1. The smallest absolute Gasteiger partial charge is 0.361 e. The molecule has 2 atom stereocenters. The number of ether oxygens (including phenoxy) is 3. The van der Waals surface area contributed by atoms with Crippen LogP contribution in [0.1, 0.15) is 17.9 Å². The largest absolute Gasteiger partial charge is 0.428 e. The van der Waals surface area contributed by atoms with Crippen molar-refractivity contribution in [2.24, 2.45) is 5.92 Å². The van der Waals surface area contributed by atoms with Crippen LogP contribution >= 0.6 is 0 Å². The van der Waals surface area contributed by atoms with Crippen molar-refractivity contribution < 1.29 is 18.6 Å². The van der Waals surface area contributed by atoms with E-state index in [0.717, 1.165) is 25.1 Å². The number of hydrogen-bond acceptors (Lipinski definition) is 4. The van der Waals surface area contributed by atoms with E-state index in [1.165, 1.54) is 12.1 Å². The molecule has 4 nitrogen and oxygen atoms in total. The molecule has 0 bridgehead atoms. The Morgan fingerprint density at radius 3 is 2.46 bits per heavy atom. The van der Waals surface area contributed by atoms with Gasteiger partial charge in [-0.1, -0.05) is 24.3 Å². The molecule has 126 valence electrons. The Morgan fingerprint density at radius 1 is 1.04 bits per heavy atom. The maximum Gasteiger partial charge on any atom is 0.361 e. The zero-order valence-electron chi connectivity index (χ0n) is 13.3. The van der Waals surface area contributed by atoms with Crippen LogP contribution in [0.15, 0.2) is 48.5 Å². The van der Waals surface area contributed by atoms with Gasteiger partial charge in [-0.05, 0) is 48.7 Å². The van der Waals surface area contributed by atoms with Crippen molar-refractivity contribution in [2.45, 2.75) is 18.8 Å². The van der Waals surface area contributed by atoms with Crippen LogP contribution in [-0.2, 0) is 4.74 Å². The van der Waals surface area contributed by atoms with Crippen molar-refractivity contribution in [1.82, 2.24) is 5.32 Å². The van der Waals surface area contributed by atoms with E-state index in [9.17, 15) is 4.39 Å². The molecule has 1 fully saturated rings. The molecule has 24 heavy (non-hydrogen) atoms. The fraction of sp³-hybridized carbons (Fsp3) is 0.368. The Bertz CT molecular complexity index is 666. The molecule has 2 aliphatic rings. The molecule has 0 amide bonds. The third kappa shape index (κ3) is 3.23. The van der Waals surface area contributed by atoms with Crippen LogP contribution in [-0.4, -0.2) is 26.2 Å². The fourth-order valence-electron chi connectivity index (χ4n) is 3.39. The standard InChI is InChI=1S/C19H20FNO3/c20-15-7-5-13(6-8-15)16-9-10-21-11-14(16)12-22-19-23-17-3-1-2-4-18(17)24-19/h1-8,14,16,19,21H,9-12H2/t14-,16-/m0/s1. The Morgan fingerprint density at radius 2 is 1.75 bits per heavy atom.